The maximum atomic E-state index is 14.0. The lowest BCUT2D eigenvalue weighted by molar-refractivity contribution is -0.142. The smallest absolute Gasteiger partial charge is 0.258 e. The fourth-order valence-corrected chi connectivity index (χ4v) is 5.65. The monoisotopic (exact) mass is 581 g/mol. The van der Waals surface area contributed by atoms with Crippen LogP contribution in [-0.2, 0) is 22.6 Å². The molecule has 0 radical (unpaired) electrons. The largest absolute Gasteiger partial charge is 0.350 e. The molecule has 42 heavy (non-hydrogen) atoms. The van der Waals surface area contributed by atoms with Crippen molar-refractivity contribution in [3.05, 3.63) is 113 Å². The summed E-state index contributed by atoms with van der Waals surface area (Å²) >= 11 is 6.13. The van der Waals surface area contributed by atoms with Gasteiger partial charge in [-0.2, -0.15) is 0 Å². The van der Waals surface area contributed by atoms with Gasteiger partial charge in [-0.25, -0.2) is 0 Å². The van der Waals surface area contributed by atoms with Crippen LogP contribution in [0.15, 0.2) is 91.0 Å². The Labute approximate surface area is 252 Å². The molecule has 1 atom stereocenters. The van der Waals surface area contributed by atoms with E-state index in [1.807, 2.05) is 99.6 Å². The molecule has 5 rings (SSSR count). The Hall–Kier alpha value is -4.16. The third kappa shape index (κ3) is 6.66. The minimum atomic E-state index is -0.721. The van der Waals surface area contributed by atoms with Gasteiger partial charge in [-0.15, -0.1) is 0 Å². The van der Waals surface area contributed by atoms with Gasteiger partial charge >= 0.3 is 0 Å². The van der Waals surface area contributed by atoms with Crippen molar-refractivity contribution in [2.75, 3.05) is 11.4 Å². The van der Waals surface area contributed by atoms with Crippen molar-refractivity contribution in [3.8, 4) is 0 Å². The molecule has 1 N–H and O–H groups in total. The van der Waals surface area contributed by atoms with Gasteiger partial charge < -0.3 is 15.1 Å². The van der Waals surface area contributed by atoms with Gasteiger partial charge in [0.1, 0.15) is 6.04 Å². The summed E-state index contributed by atoms with van der Waals surface area (Å²) in [6, 6.07) is 28.0. The number of benzene rings is 4. The number of rotatable bonds is 10. The number of nitrogens with zero attached hydrogens (tertiary/aromatic N) is 2. The molecule has 0 fully saturated rings. The Morgan fingerprint density at radius 2 is 1.57 bits per heavy atom. The van der Waals surface area contributed by atoms with Crippen LogP contribution in [0.3, 0.4) is 0 Å². The van der Waals surface area contributed by atoms with Crippen molar-refractivity contribution in [1.82, 2.24) is 10.2 Å². The van der Waals surface area contributed by atoms with Gasteiger partial charge in [-0.05, 0) is 68.0 Å². The molecule has 4 aromatic rings. The van der Waals surface area contributed by atoms with Crippen molar-refractivity contribution in [1.29, 1.82) is 0 Å². The Bertz CT molecular complexity index is 1590. The highest BCUT2D eigenvalue weighted by molar-refractivity contribution is 6.30. The van der Waals surface area contributed by atoms with Gasteiger partial charge in [0.2, 0.25) is 11.8 Å². The molecule has 3 amide bonds. The van der Waals surface area contributed by atoms with Crippen molar-refractivity contribution < 1.29 is 14.4 Å². The number of nitrogens with one attached hydrogen (secondary N) is 1. The second-order valence-corrected chi connectivity index (χ2v) is 12.3. The summed E-state index contributed by atoms with van der Waals surface area (Å²) in [5, 5.41) is 5.68. The van der Waals surface area contributed by atoms with Gasteiger partial charge in [0.05, 0.1) is 5.69 Å². The summed E-state index contributed by atoms with van der Waals surface area (Å²) in [7, 11) is 0. The van der Waals surface area contributed by atoms with Crippen LogP contribution < -0.4 is 10.2 Å². The topological polar surface area (TPSA) is 69.7 Å². The highest BCUT2D eigenvalue weighted by Crippen LogP contribution is 2.37. The molecule has 1 aliphatic heterocycles. The minimum Gasteiger partial charge on any atom is -0.350 e. The van der Waals surface area contributed by atoms with Gasteiger partial charge in [-0.3, -0.25) is 14.4 Å². The third-order valence-corrected chi connectivity index (χ3v) is 7.71. The van der Waals surface area contributed by atoms with E-state index in [9.17, 15) is 14.4 Å². The summed E-state index contributed by atoms with van der Waals surface area (Å²) in [5.74, 6) is -0.387. The molecule has 7 heteroatoms. The Kier molecular flexibility index (Phi) is 8.64. The molecular formula is C35H36ClN3O3. The highest BCUT2D eigenvalue weighted by atomic mass is 35.5. The quantitative estimate of drug-likeness (QED) is 0.224. The fourth-order valence-electron chi connectivity index (χ4n) is 5.53. The molecule has 0 saturated heterocycles. The number of hydrogen-bond donors (Lipinski definition) is 1. The second-order valence-electron chi connectivity index (χ2n) is 11.8. The molecule has 0 saturated carbocycles. The number of halogens is 1. The van der Waals surface area contributed by atoms with Crippen LogP contribution >= 0.6 is 11.6 Å². The van der Waals surface area contributed by atoms with Crippen LogP contribution in [0.25, 0.3) is 10.8 Å². The van der Waals surface area contributed by atoms with E-state index in [0.29, 0.717) is 30.0 Å². The van der Waals surface area contributed by atoms with E-state index in [2.05, 4.69) is 5.32 Å². The molecule has 0 spiro atoms. The summed E-state index contributed by atoms with van der Waals surface area (Å²) in [6.45, 7) is 6.47. The zero-order valence-electron chi connectivity index (χ0n) is 24.3. The molecule has 0 aromatic heterocycles. The number of carbonyl (C=O) groups is 3. The van der Waals surface area contributed by atoms with Crippen molar-refractivity contribution >= 4 is 45.8 Å². The lowest BCUT2D eigenvalue weighted by Crippen LogP contribution is -2.54. The van der Waals surface area contributed by atoms with Crippen LogP contribution in [0.4, 0.5) is 5.69 Å². The van der Waals surface area contributed by atoms with Gasteiger partial charge in [0.25, 0.3) is 5.91 Å². The van der Waals surface area contributed by atoms with Crippen LogP contribution in [-0.4, -0.2) is 40.7 Å². The van der Waals surface area contributed by atoms with E-state index in [-0.39, 0.29) is 30.7 Å². The summed E-state index contributed by atoms with van der Waals surface area (Å²) < 4.78 is 0. The standard InChI is InChI=1S/C35H36ClN3O3/c1-35(2,3)37-33(41)30(22-24-10-5-4-6-11-24)39(23-25-17-19-27(36)20-18-25)31(40)16-9-21-38-29-15-8-13-26-12-7-14-28(32(26)29)34(38)42/h4-8,10-15,17-20,30H,9,16,21-23H2,1-3H3,(H,37,41). The van der Waals surface area contributed by atoms with E-state index >= 15 is 0 Å². The fraction of sp³-hybridized carbons (Fsp3) is 0.286. The van der Waals surface area contributed by atoms with E-state index in [0.717, 1.165) is 27.6 Å². The predicted octanol–water partition coefficient (Wildman–Crippen LogP) is 6.79. The number of anilines is 1. The molecular weight excluding hydrogens is 546 g/mol. The zero-order chi connectivity index (χ0) is 29.9. The normalized spacial score (nSPS) is 13.3. The van der Waals surface area contributed by atoms with Crippen LogP contribution in [0.1, 0.15) is 55.1 Å². The maximum absolute atomic E-state index is 14.0. The molecule has 1 unspecified atom stereocenters. The summed E-state index contributed by atoms with van der Waals surface area (Å²) in [4.78, 5) is 44.4. The first-order valence-electron chi connectivity index (χ1n) is 14.3. The molecule has 1 aliphatic rings. The van der Waals surface area contributed by atoms with E-state index in [1.54, 1.807) is 21.9 Å². The summed E-state index contributed by atoms with van der Waals surface area (Å²) in [5.41, 5.74) is 2.96. The first-order chi connectivity index (χ1) is 20.1. The second kappa shape index (κ2) is 12.4. The first-order valence-corrected chi connectivity index (χ1v) is 14.7. The van der Waals surface area contributed by atoms with Crippen LogP contribution in [0, 0.1) is 0 Å². The average molecular weight is 582 g/mol. The van der Waals surface area contributed by atoms with E-state index in [1.165, 1.54) is 0 Å². The number of carbonyl (C=O) groups excluding carboxylic acids is 3. The number of amides is 3. The van der Waals surface area contributed by atoms with Crippen molar-refractivity contribution in [2.45, 2.75) is 58.2 Å². The van der Waals surface area contributed by atoms with Crippen molar-refractivity contribution in [2.24, 2.45) is 0 Å². The van der Waals surface area contributed by atoms with Gasteiger partial charge in [0.15, 0.2) is 0 Å². The molecule has 6 nitrogen and oxygen atoms in total. The SMILES string of the molecule is CC(C)(C)NC(=O)C(Cc1ccccc1)N(Cc1ccc(Cl)cc1)C(=O)CCCN1C(=O)c2cccc3cccc1c23. The van der Waals surface area contributed by atoms with E-state index in [4.69, 9.17) is 11.6 Å². The number of hydrogen-bond acceptors (Lipinski definition) is 3. The average Bonchev–Trinajstić information content (AvgIpc) is 3.23. The summed E-state index contributed by atoms with van der Waals surface area (Å²) in [6.07, 6.45) is 1.03. The minimum absolute atomic E-state index is 0.0428. The molecule has 0 bridgehead atoms. The highest BCUT2D eigenvalue weighted by Gasteiger charge is 2.33. The Balaban J connectivity index is 1.38. The first kappa shape index (κ1) is 29.3. The van der Waals surface area contributed by atoms with Gasteiger partial charge in [0, 0.05) is 47.4 Å². The lowest BCUT2D eigenvalue weighted by Gasteiger charge is -2.34. The predicted molar refractivity (Wildman–Crippen MR) is 169 cm³/mol. The lowest BCUT2D eigenvalue weighted by atomic mass is 10.00. The molecule has 1 heterocycles. The molecule has 216 valence electrons. The zero-order valence-corrected chi connectivity index (χ0v) is 25.0. The Morgan fingerprint density at radius 3 is 2.26 bits per heavy atom. The van der Waals surface area contributed by atoms with E-state index < -0.39 is 11.6 Å². The Morgan fingerprint density at radius 1 is 0.881 bits per heavy atom. The molecule has 0 aliphatic carbocycles. The van der Waals surface area contributed by atoms with Crippen LogP contribution in [0.5, 0.6) is 0 Å². The molecule has 4 aromatic carbocycles. The third-order valence-electron chi connectivity index (χ3n) is 7.46. The van der Waals surface area contributed by atoms with Crippen LogP contribution in [0.2, 0.25) is 5.02 Å². The van der Waals surface area contributed by atoms with Crippen molar-refractivity contribution in [3.63, 3.8) is 0 Å². The van der Waals surface area contributed by atoms with Gasteiger partial charge in [-0.1, -0.05) is 78.3 Å². The maximum Gasteiger partial charge on any atom is 0.258 e.